The largest absolute Gasteiger partial charge is 0.355 e. The molecular formula is C15H22N2O2. The van der Waals surface area contributed by atoms with E-state index in [0.717, 1.165) is 11.1 Å². The van der Waals surface area contributed by atoms with Crippen LogP contribution in [0.15, 0.2) is 18.2 Å². The van der Waals surface area contributed by atoms with E-state index >= 15 is 0 Å². The highest BCUT2D eigenvalue weighted by molar-refractivity contribution is 5.95. The van der Waals surface area contributed by atoms with Crippen molar-refractivity contribution in [3.05, 3.63) is 34.9 Å². The molecule has 0 radical (unpaired) electrons. The second-order valence-corrected chi connectivity index (χ2v) is 4.97. The quantitative estimate of drug-likeness (QED) is 0.797. The predicted octanol–water partition coefficient (Wildman–Crippen LogP) is 1.98. The van der Waals surface area contributed by atoms with E-state index in [1.165, 1.54) is 6.92 Å². The number of rotatable bonds is 5. The van der Waals surface area contributed by atoms with Crippen molar-refractivity contribution in [1.82, 2.24) is 10.6 Å². The molecule has 19 heavy (non-hydrogen) atoms. The van der Waals surface area contributed by atoms with Gasteiger partial charge in [0.1, 0.15) is 0 Å². The van der Waals surface area contributed by atoms with Crippen molar-refractivity contribution in [3.8, 4) is 0 Å². The molecule has 1 rings (SSSR count). The van der Waals surface area contributed by atoms with Crippen molar-refractivity contribution in [2.24, 2.45) is 0 Å². The van der Waals surface area contributed by atoms with E-state index in [2.05, 4.69) is 24.5 Å². The first kappa shape index (κ1) is 15.2. The third kappa shape index (κ3) is 4.73. The number of carbonyl (C=O) groups is 2. The third-order valence-electron chi connectivity index (χ3n) is 2.96. The maximum absolute atomic E-state index is 12.1. The Hall–Kier alpha value is -1.84. The Bertz CT molecular complexity index is 467. The summed E-state index contributed by atoms with van der Waals surface area (Å²) in [7, 11) is 0. The van der Waals surface area contributed by atoms with Gasteiger partial charge in [0.2, 0.25) is 5.91 Å². The van der Waals surface area contributed by atoms with Crippen molar-refractivity contribution in [2.45, 2.75) is 33.6 Å². The fraction of sp³-hybridized carbons (Fsp3) is 0.467. The molecule has 0 saturated carbocycles. The summed E-state index contributed by atoms with van der Waals surface area (Å²) in [6.45, 7) is 8.46. The second kappa shape index (κ2) is 6.92. The number of nitrogens with one attached hydrogen (secondary N) is 2. The summed E-state index contributed by atoms with van der Waals surface area (Å²) >= 11 is 0. The molecule has 0 aliphatic carbocycles. The highest BCUT2D eigenvalue weighted by atomic mass is 16.2. The molecule has 0 spiro atoms. The van der Waals surface area contributed by atoms with Crippen LogP contribution in [0.4, 0.5) is 0 Å². The molecule has 1 aromatic carbocycles. The van der Waals surface area contributed by atoms with E-state index in [0.29, 0.717) is 24.6 Å². The van der Waals surface area contributed by atoms with Gasteiger partial charge in [0.25, 0.3) is 5.91 Å². The van der Waals surface area contributed by atoms with Crippen molar-refractivity contribution in [1.29, 1.82) is 0 Å². The number of hydrogen-bond donors (Lipinski definition) is 2. The van der Waals surface area contributed by atoms with Gasteiger partial charge in [-0.05, 0) is 30.0 Å². The van der Waals surface area contributed by atoms with Crippen molar-refractivity contribution >= 4 is 11.8 Å². The minimum absolute atomic E-state index is 0.0905. The topological polar surface area (TPSA) is 58.2 Å². The fourth-order valence-electron chi connectivity index (χ4n) is 1.75. The van der Waals surface area contributed by atoms with Gasteiger partial charge in [0.05, 0.1) is 0 Å². The van der Waals surface area contributed by atoms with Gasteiger partial charge in [0.15, 0.2) is 0 Å². The van der Waals surface area contributed by atoms with Crippen molar-refractivity contribution < 1.29 is 9.59 Å². The Kier molecular flexibility index (Phi) is 5.55. The number of amides is 2. The minimum Gasteiger partial charge on any atom is -0.355 e. The third-order valence-corrected chi connectivity index (χ3v) is 2.96. The minimum atomic E-state index is -0.0923. The molecule has 2 amide bonds. The van der Waals surface area contributed by atoms with Gasteiger partial charge < -0.3 is 10.6 Å². The summed E-state index contributed by atoms with van der Waals surface area (Å²) in [4.78, 5) is 22.8. The normalized spacial score (nSPS) is 10.4. The van der Waals surface area contributed by atoms with Crippen molar-refractivity contribution in [2.75, 3.05) is 13.1 Å². The summed E-state index contributed by atoms with van der Waals surface area (Å²) in [5, 5.41) is 5.45. The molecule has 4 nitrogen and oxygen atoms in total. The standard InChI is InChI=1S/C15H22N2O2/c1-10(2)13-6-5-11(3)14(9-13)15(19)17-8-7-16-12(4)18/h5-6,9-10H,7-8H2,1-4H3,(H,16,18)(H,17,19). The lowest BCUT2D eigenvalue weighted by molar-refractivity contribution is -0.118. The molecule has 0 saturated heterocycles. The number of carbonyl (C=O) groups excluding carboxylic acids is 2. The Labute approximate surface area is 114 Å². The number of benzene rings is 1. The van der Waals surface area contributed by atoms with Gasteiger partial charge in [0, 0.05) is 25.6 Å². The zero-order valence-corrected chi connectivity index (χ0v) is 12.0. The van der Waals surface area contributed by atoms with Crippen LogP contribution in [-0.4, -0.2) is 24.9 Å². The molecule has 104 valence electrons. The molecule has 0 atom stereocenters. The Balaban J connectivity index is 2.65. The first-order valence-electron chi connectivity index (χ1n) is 6.55. The average Bonchev–Trinajstić information content (AvgIpc) is 2.34. The first-order chi connectivity index (χ1) is 8.91. The Morgan fingerprint density at radius 3 is 2.37 bits per heavy atom. The number of hydrogen-bond acceptors (Lipinski definition) is 2. The van der Waals surface area contributed by atoms with Crippen LogP contribution in [0.1, 0.15) is 48.2 Å². The molecular weight excluding hydrogens is 240 g/mol. The van der Waals surface area contributed by atoms with Gasteiger partial charge in [-0.2, -0.15) is 0 Å². The molecule has 0 aliphatic heterocycles. The highest BCUT2D eigenvalue weighted by Crippen LogP contribution is 2.18. The van der Waals surface area contributed by atoms with Crippen molar-refractivity contribution in [3.63, 3.8) is 0 Å². The first-order valence-corrected chi connectivity index (χ1v) is 6.55. The number of aryl methyl sites for hydroxylation is 1. The van der Waals surface area contributed by atoms with E-state index in [4.69, 9.17) is 0 Å². The fourth-order valence-corrected chi connectivity index (χ4v) is 1.75. The Morgan fingerprint density at radius 2 is 1.79 bits per heavy atom. The van der Waals surface area contributed by atoms with Crippen LogP contribution in [0, 0.1) is 6.92 Å². The summed E-state index contributed by atoms with van der Waals surface area (Å²) in [5.74, 6) is 0.212. The molecule has 0 aromatic heterocycles. The van der Waals surface area contributed by atoms with Crippen LogP contribution in [0.2, 0.25) is 0 Å². The van der Waals surface area contributed by atoms with E-state index < -0.39 is 0 Å². The lowest BCUT2D eigenvalue weighted by atomic mass is 9.97. The maximum atomic E-state index is 12.1. The van der Waals surface area contributed by atoms with Crippen LogP contribution in [0.25, 0.3) is 0 Å². The molecule has 4 heteroatoms. The Morgan fingerprint density at radius 1 is 1.16 bits per heavy atom. The van der Waals surface area contributed by atoms with E-state index in [1.807, 2.05) is 25.1 Å². The zero-order chi connectivity index (χ0) is 14.4. The average molecular weight is 262 g/mol. The maximum Gasteiger partial charge on any atom is 0.251 e. The van der Waals surface area contributed by atoms with Gasteiger partial charge in [-0.15, -0.1) is 0 Å². The zero-order valence-electron chi connectivity index (χ0n) is 12.0. The predicted molar refractivity (Wildman–Crippen MR) is 76.3 cm³/mol. The SMILES string of the molecule is CC(=O)NCCNC(=O)c1cc(C(C)C)ccc1C. The second-order valence-electron chi connectivity index (χ2n) is 4.97. The van der Waals surface area contributed by atoms with Gasteiger partial charge >= 0.3 is 0 Å². The molecule has 1 aromatic rings. The molecule has 2 N–H and O–H groups in total. The molecule has 0 aliphatic rings. The molecule has 0 bridgehead atoms. The monoisotopic (exact) mass is 262 g/mol. The molecule has 0 heterocycles. The van der Waals surface area contributed by atoms with E-state index in [-0.39, 0.29) is 11.8 Å². The van der Waals surface area contributed by atoms with Crippen LogP contribution in [0.3, 0.4) is 0 Å². The smallest absolute Gasteiger partial charge is 0.251 e. The lowest BCUT2D eigenvalue weighted by Crippen LogP contribution is -2.34. The van der Waals surface area contributed by atoms with Crippen LogP contribution in [0.5, 0.6) is 0 Å². The van der Waals surface area contributed by atoms with E-state index in [1.54, 1.807) is 0 Å². The molecule has 0 fully saturated rings. The summed E-state index contributed by atoms with van der Waals surface area (Å²) < 4.78 is 0. The van der Waals surface area contributed by atoms with Crippen LogP contribution in [-0.2, 0) is 4.79 Å². The molecule has 0 unspecified atom stereocenters. The van der Waals surface area contributed by atoms with Crippen LogP contribution < -0.4 is 10.6 Å². The highest BCUT2D eigenvalue weighted by Gasteiger charge is 2.10. The lowest BCUT2D eigenvalue weighted by Gasteiger charge is -2.11. The summed E-state index contributed by atoms with van der Waals surface area (Å²) in [6.07, 6.45) is 0. The van der Waals surface area contributed by atoms with Crippen LogP contribution >= 0.6 is 0 Å². The van der Waals surface area contributed by atoms with Gasteiger partial charge in [-0.25, -0.2) is 0 Å². The van der Waals surface area contributed by atoms with E-state index in [9.17, 15) is 9.59 Å². The summed E-state index contributed by atoms with van der Waals surface area (Å²) in [6, 6.07) is 5.96. The van der Waals surface area contributed by atoms with Gasteiger partial charge in [-0.3, -0.25) is 9.59 Å². The summed E-state index contributed by atoms with van der Waals surface area (Å²) in [5.41, 5.74) is 2.81. The van der Waals surface area contributed by atoms with Gasteiger partial charge in [-0.1, -0.05) is 26.0 Å².